The number of aromatic hydroxyl groups is 3. The first-order valence-electron chi connectivity index (χ1n) is 7.54. The number of benzene rings is 2. The summed E-state index contributed by atoms with van der Waals surface area (Å²) in [6, 6.07) is 12.3. The maximum atomic E-state index is 9.90. The number of aromatic nitrogens is 1. The smallest absolute Gasteiger partial charge is 0.211 e. The van der Waals surface area contributed by atoms with Gasteiger partial charge in [0, 0.05) is 10.4 Å². The Hall–Kier alpha value is -2.77. The highest BCUT2D eigenvalue weighted by atomic mass is 35.5. The largest absolute Gasteiger partial charge is 0.504 e. The summed E-state index contributed by atoms with van der Waals surface area (Å²) in [5.74, 6) is -1.37. The summed E-state index contributed by atoms with van der Waals surface area (Å²) in [5, 5.41) is 33.3. The van der Waals surface area contributed by atoms with E-state index < -0.39 is 11.5 Å². The second-order valence-corrected chi connectivity index (χ2v) is 6.58. The monoisotopic (exact) mass is 391 g/mol. The summed E-state index contributed by atoms with van der Waals surface area (Å²) in [4.78, 5) is 6.37. The molecule has 3 aromatic rings. The van der Waals surface area contributed by atoms with Crippen LogP contribution < -0.4 is 4.80 Å². The fraction of sp³-hybridized carbons (Fsp3) is 0.111. The summed E-state index contributed by atoms with van der Waals surface area (Å²) in [6.45, 7) is 3.92. The number of para-hydroxylation sites is 1. The molecule has 2 aromatic carbocycles. The van der Waals surface area contributed by atoms with E-state index in [1.54, 1.807) is 4.68 Å². The van der Waals surface area contributed by atoms with Crippen molar-refractivity contribution < 1.29 is 15.3 Å². The van der Waals surface area contributed by atoms with Gasteiger partial charge in [-0.25, -0.2) is 9.67 Å². The molecular formula is C18H18ClN3O3S. The molecule has 0 unspecified atom stereocenters. The molecule has 0 amide bonds. The van der Waals surface area contributed by atoms with Crippen molar-refractivity contribution >= 4 is 35.6 Å². The predicted molar refractivity (Wildman–Crippen MR) is 105 cm³/mol. The molecule has 26 heavy (non-hydrogen) atoms. The lowest BCUT2D eigenvalue weighted by Gasteiger charge is -2.04. The molecule has 0 aliphatic carbocycles. The number of hydrogen-bond acceptors (Lipinski definition) is 6. The first kappa shape index (κ1) is 19.6. The van der Waals surface area contributed by atoms with E-state index in [9.17, 15) is 15.3 Å². The van der Waals surface area contributed by atoms with Crippen molar-refractivity contribution in [3.63, 3.8) is 0 Å². The third-order valence-electron chi connectivity index (χ3n) is 3.71. The minimum absolute atomic E-state index is 0. The number of nitrogens with zero attached hydrogens (tertiary/aromatic N) is 3. The lowest BCUT2D eigenvalue weighted by Crippen LogP contribution is -2.11. The zero-order valence-corrected chi connectivity index (χ0v) is 15.8. The first-order valence-corrected chi connectivity index (χ1v) is 8.36. The van der Waals surface area contributed by atoms with Gasteiger partial charge in [-0.2, -0.15) is 5.10 Å². The van der Waals surface area contributed by atoms with Gasteiger partial charge in [-0.3, -0.25) is 0 Å². The Morgan fingerprint density at radius 2 is 1.65 bits per heavy atom. The van der Waals surface area contributed by atoms with Crippen molar-refractivity contribution in [3.8, 4) is 17.2 Å². The second kappa shape index (κ2) is 8.07. The fourth-order valence-electron chi connectivity index (χ4n) is 2.17. The summed E-state index contributed by atoms with van der Waals surface area (Å²) in [5.41, 5.74) is 2.04. The van der Waals surface area contributed by atoms with Crippen LogP contribution in [0.4, 0.5) is 5.69 Å². The van der Waals surface area contributed by atoms with Crippen LogP contribution in [0.5, 0.6) is 17.2 Å². The average molecular weight is 392 g/mol. The lowest BCUT2D eigenvalue weighted by molar-refractivity contribution is 0.367. The van der Waals surface area contributed by atoms with Crippen LogP contribution >= 0.6 is 23.7 Å². The Bertz CT molecular complexity index is 1010. The number of aryl methyl sites for hydroxylation is 1. The van der Waals surface area contributed by atoms with E-state index in [0.717, 1.165) is 16.3 Å². The van der Waals surface area contributed by atoms with Crippen LogP contribution in [-0.2, 0) is 0 Å². The number of halogens is 1. The number of phenols is 3. The summed E-state index contributed by atoms with van der Waals surface area (Å²) in [6.07, 6.45) is 1.41. The van der Waals surface area contributed by atoms with E-state index in [2.05, 4.69) is 10.1 Å². The van der Waals surface area contributed by atoms with Gasteiger partial charge < -0.3 is 15.3 Å². The van der Waals surface area contributed by atoms with Crippen molar-refractivity contribution in [2.75, 3.05) is 0 Å². The van der Waals surface area contributed by atoms with Crippen molar-refractivity contribution in [1.29, 1.82) is 0 Å². The topological polar surface area (TPSA) is 90.3 Å². The molecule has 0 fully saturated rings. The molecule has 3 rings (SSSR count). The van der Waals surface area contributed by atoms with Crippen LogP contribution in [0.25, 0.3) is 0 Å². The molecule has 0 aliphatic heterocycles. The maximum Gasteiger partial charge on any atom is 0.211 e. The number of rotatable bonds is 3. The second-order valence-electron chi connectivity index (χ2n) is 5.40. The molecule has 0 radical (unpaired) electrons. The molecule has 6 nitrogen and oxygen atoms in total. The number of hydrogen-bond donors (Lipinski definition) is 3. The molecule has 136 valence electrons. The predicted octanol–water partition coefficient (Wildman–Crippen LogP) is 3.82. The van der Waals surface area contributed by atoms with Gasteiger partial charge in [-0.05, 0) is 38.1 Å². The molecule has 0 bridgehead atoms. The maximum absolute atomic E-state index is 9.90. The third kappa shape index (κ3) is 3.89. The minimum atomic E-state index is -0.568. The highest BCUT2D eigenvalue weighted by molar-refractivity contribution is 7.09. The molecule has 1 aromatic heterocycles. The summed E-state index contributed by atoms with van der Waals surface area (Å²) in [7, 11) is 0. The van der Waals surface area contributed by atoms with Crippen molar-refractivity contribution in [2.24, 2.45) is 10.1 Å². The lowest BCUT2D eigenvalue weighted by atomic mass is 10.2. The Balaban J connectivity index is 0.00000243. The SMILES string of the molecule is Cc1sc(=Nc2ccccc2)n(/N=C/c2ccc(O)c(O)c2O)c1C.Cl. The van der Waals surface area contributed by atoms with E-state index in [4.69, 9.17) is 0 Å². The molecule has 0 atom stereocenters. The van der Waals surface area contributed by atoms with Crippen LogP contribution in [0.3, 0.4) is 0 Å². The quantitative estimate of drug-likeness (QED) is 0.468. The molecule has 3 N–H and O–H groups in total. The Labute approximate surface area is 160 Å². The van der Waals surface area contributed by atoms with E-state index in [1.165, 1.54) is 29.7 Å². The molecule has 0 saturated heterocycles. The number of thiazole rings is 1. The van der Waals surface area contributed by atoms with Gasteiger partial charge in [-0.1, -0.05) is 29.5 Å². The fourth-order valence-corrected chi connectivity index (χ4v) is 3.10. The van der Waals surface area contributed by atoms with Crippen LogP contribution in [0, 0.1) is 13.8 Å². The average Bonchev–Trinajstić information content (AvgIpc) is 2.87. The van der Waals surface area contributed by atoms with Gasteiger partial charge in [0.2, 0.25) is 10.6 Å². The summed E-state index contributed by atoms with van der Waals surface area (Å²) < 4.78 is 1.68. The van der Waals surface area contributed by atoms with E-state index in [0.29, 0.717) is 4.80 Å². The number of phenolic OH excluding ortho intramolecular Hbond substituents is 3. The Morgan fingerprint density at radius 1 is 0.962 bits per heavy atom. The molecule has 8 heteroatoms. The first-order chi connectivity index (χ1) is 12.0. The van der Waals surface area contributed by atoms with Crippen LogP contribution in [-0.4, -0.2) is 26.2 Å². The third-order valence-corrected chi connectivity index (χ3v) is 4.76. The van der Waals surface area contributed by atoms with Crippen LogP contribution in [0.1, 0.15) is 16.1 Å². The Kier molecular flexibility index (Phi) is 6.07. The molecule has 1 heterocycles. The van der Waals surface area contributed by atoms with E-state index in [1.807, 2.05) is 44.2 Å². The molecule has 0 aliphatic rings. The van der Waals surface area contributed by atoms with Gasteiger partial charge in [0.1, 0.15) is 0 Å². The zero-order chi connectivity index (χ0) is 18.0. The van der Waals surface area contributed by atoms with Crippen molar-refractivity contribution in [1.82, 2.24) is 4.68 Å². The van der Waals surface area contributed by atoms with Gasteiger partial charge in [0.05, 0.1) is 17.6 Å². The highest BCUT2D eigenvalue weighted by Crippen LogP contribution is 2.36. The van der Waals surface area contributed by atoms with E-state index in [-0.39, 0.29) is 23.7 Å². The van der Waals surface area contributed by atoms with Crippen LogP contribution in [0.2, 0.25) is 0 Å². The minimum Gasteiger partial charge on any atom is -0.504 e. The Morgan fingerprint density at radius 3 is 2.35 bits per heavy atom. The van der Waals surface area contributed by atoms with Gasteiger partial charge in [-0.15, -0.1) is 12.4 Å². The van der Waals surface area contributed by atoms with Gasteiger partial charge in [0.15, 0.2) is 11.5 Å². The van der Waals surface area contributed by atoms with Crippen molar-refractivity contribution in [3.05, 3.63) is 63.4 Å². The zero-order valence-electron chi connectivity index (χ0n) is 14.1. The molecular weight excluding hydrogens is 374 g/mol. The molecule has 0 saturated carbocycles. The van der Waals surface area contributed by atoms with Gasteiger partial charge in [0.25, 0.3) is 0 Å². The van der Waals surface area contributed by atoms with Gasteiger partial charge >= 0.3 is 0 Å². The van der Waals surface area contributed by atoms with E-state index >= 15 is 0 Å². The summed E-state index contributed by atoms with van der Waals surface area (Å²) >= 11 is 1.51. The normalized spacial score (nSPS) is 11.7. The highest BCUT2D eigenvalue weighted by Gasteiger charge is 2.10. The van der Waals surface area contributed by atoms with Crippen LogP contribution in [0.15, 0.2) is 52.6 Å². The molecule has 0 spiro atoms. The van der Waals surface area contributed by atoms with Crippen molar-refractivity contribution in [2.45, 2.75) is 13.8 Å². The standard InChI is InChI=1S/C18H17N3O3S.ClH/c1-11-12(2)25-18(20-14-6-4-3-5-7-14)21(11)19-10-13-8-9-15(22)17(24)16(13)23;/h3-10,22-24H,1-2H3;1H/b19-10+,20-18?;.